The number of halogens is 2. The Bertz CT molecular complexity index is 2980. The van der Waals surface area contributed by atoms with Crippen LogP contribution >= 0.6 is 31.9 Å². The van der Waals surface area contributed by atoms with Crippen molar-refractivity contribution in [3.63, 3.8) is 0 Å². The van der Waals surface area contributed by atoms with Crippen molar-refractivity contribution in [2.45, 2.75) is 43.9 Å². The van der Waals surface area contributed by atoms with E-state index in [2.05, 4.69) is 112 Å². The minimum Gasteiger partial charge on any atom is -0.501 e. The normalized spacial score (nSPS) is 11.4. The van der Waals surface area contributed by atoms with Crippen molar-refractivity contribution in [1.82, 2.24) is 19.9 Å². The number of ether oxygens (including phenoxy) is 2. The van der Waals surface area contributed by atoms with E-state index in [1.54, 1.807) is 24.8 Å². The maximum atomic E-state index is 6.34. The molecule has 4 heterocycles. The summed E-state index contributed by atoms with van der Waals surface area (Å²) in [6, 6.07) is 77.4. The number of pyridine rings is 4. The van der Waals surface area contributed by atoms with E-state index in [1.807, 2.05) is 158 Å². The molecule has 0 spiro atoms. The van der Waals surface area contributed by atoms with Crippen molar-refractivity contribution in [2.75, 3.05) is 13.2 Å². The molecule has 0 unspecified atom stereocenters. The zero-order valence-electron chi connectivity index (χ0n) is 41.0. The van der Waals surface area contributed by atoms with Gasteiger partial charge in [-0.25, -0.2) is 0 Å². The first kappa shape index (κ1) is 56.5. The van der Waals surface area contributed by atoms with Gasteiger partial charge in [0.2, 0.25) is 0 Å². The zero-order valence-corrected chi connectivity index (χ0v) is 48.9. The van der Waals surface area contributed by atoms with E-state index in [1.165, 1.54) is 22.3 Å². The molecule has 1 aliphatic rings. The van der Waals surface area contributed by atoms with Gasteiger partial charge in [0.05, 0.1) is 13.2 Å². The predicted molar refractivity (Wildman–Crippen MR) is 301 cm³/mol. The van der Waals surface area contributed by atoms with Crippen LogP contribution in [0.2, 0.25) is 0 Å². The average Bonchev–Trinajstić information content (AvgIpc) is 3.72. The molecule has 0 N–H and O–H groups in total. The molecule has 10 aromatic rings. The van der Waals surface area contributed by atoms with Crippen LogP contribution < -0.4 is 9.47 Å². The van der Waals surface area contributed by atoms with Gasteiger partial charge in [0.15, 0.2) is 0 Å². The van der Waals surface area contributed by atoms with Crippen LogP contribution in [0.4, 0.5) is 0 Å². The van der Waals surface area contributed by atoms with E-state index in [4.69, 9.17) is 9.47 Å². The Kier molecular flexibility index (Phi) is 22.0. The van der Waals surface area contributed by atoms with E-state index < -0.39 is 0 Å². The van der Waals surface area contributed by atoms with Gasteiger partial charge >= 0.3 is 0 Å². The second-order valence-corrected chi connectivity index (χ2v) is 19.1. The van der Waals surface area contributed by atoms with Crippen LogP contribution in [-0.4, -0.2) is 33.1 Å². The van der Waals surface area contributed by atoms with Crippen LogP contribution in [-0.2, 0) is 45.6 Å². The molecule has 0 saturated heterocycles. The Labute approximate surface area is 485 Å². The van der Waals surface area contributed by atoms with Crippen LogP contribution in [0.1, 0.15) is 49.7 Å². The van der Waals surface area contributed by atoms with E-state index >= 15 is 0 Å². The molecule has 0 amide bonds. The molecule has 0 atom stereocenters. The summed E-state index contributed by atoms with van der Waals surface area (Å²) >= 11 is 7.60. The molecule has 0 aliphatic heterocycles. The first-order valence-electron chi connectivity index (χ1n) is 24.5. The maximum Gasteiger partial charge on any atom is 0.104 e. The summed E-state index contributed by atoms with van der Waals surface area (Å²) < 4.78 is 14.9. The summed E-state index contributed by atoms with van der Waals surface area (Å²) in [5.74, 6) is 1.59. The number of nitrogens with zero attached hydrogens (tertiary/aromatic N) is 4. The van der Waals surface area contributed by atoms with Gasteiger partial charge in [-0.1, -0.05) is 68.3 Å². The number of hydrogen-bond donors (Lipinski definition) is 0. The van der Waals surface area contributed by atoms with Gasteiger partial charge in [-0.15, -0.1) is 144 Å². The summed E-state index contributed by atoms with van der Waals surface area (Å²) in [7, 11) is 0. The van der Waals surface area contributed by atoms with Gasteiger partial charge < -0.3 is 29.4 Å². The van der Waals surface area contributed by atoms with Crippen molar-refractivity contribution in [3.05, 3.63) is 263 Å². The second-order valence-electron chi connectivity index (χ2n) is 17.3. The number of fused-ring (bicyclic) bond motifs is 3. The topological polar surface area (TPSA) is 70.0 Å². The standard InChI is InChI=1S/C43H36Br2N2O2.2C11H8N.2Ir/c44-33-19-21-35-36-22-20-34(45)30-38(36)43(37(35)29-33,23-7-9-27-48-39-17-11-25-46-41(39)31-13-3-1-4-14-31)24-8-10-28-49-40-18-12-26-47-42(40)32-15-5-2-6-16-32;2*1-2-6-10(7-3-1)11-8-4-5-9-12-11;;/h1-6,11-13,15,17-22,25-26,29-30H,7-10,23-24,27-28H2;2*1-6,8-9H;;/q-2;2*-1;;. The molecule has 10 heteroatoms. The Morgan fingerprint density at radius 1 is 0.387 bits per heavy atom. The fourth-order valence-electron chi connectivity index (χ4n) is 9.17. The molecule has 6 aromatic carbocycles. The molecule has 380 valence electrons. The third-order valence-electron chi connectivity index (χ3n) is 12.6. The molecule has 1 aliphatic carbocycles. The van der Waals surface area contributed by atoms with Gasteiger partial charge in [-0.2, -0.15) is 0 Å². The molecule has 0 saturated carbocycles. The van der Waals surface area contributed by atoms with E-state index in [0.717, 1.165) is 104 Å². The van der Waals surface area contributed by atoms with Gasteiger partial charge in [-0.3, -0.25) is 0 Å². The number of hydrogen-bond acceptors (Lipinski definition) is 6. The summed E-state index contributed by atoms with van der Waals surface area (Å²) in [4.78, 5) is 17.6. The van der Waals surface area contributed by atoms with Crippen molar-refractivity contribution < 1.29 is 49.7 Å². The smallest absolute Gasteiger partial charge is 0.104 e. The van der Waals surface area contributed by atoms with E-state index in [9.17, 15) is 0 Å². The Balaban J connectivity index is 0.000000256. The molecule has 6 nitrogen and oxygen atoms in total. The minimum atomic E-state index is -0.116. The predicted octanol–water partition coefficient (Wildman–Crippen LogP) is 16.8. The van der Waals surface area contributed by atoms with Gasteiger partial charge in [-0.05, 0) is 133 Å². The Morgan fingerprint density at radius 3 is 1.15 bits per heavy atom. The van der Waals surface area contributed by atoms with Crippen LogP contribution in [0.15, 0.2) is 228 Å². The molecule has 4 aromatic heterocycles. The monoisotopic (exact) mass is 1460 g/mol. The van der Waals surface area contributed by atoms with E-state index in [0.29, 0.717) is 13.2 Å². The summed E-state index contributed by atoms with van der Waals surface area (Å²) in [5, 5.41) is 0. The number of unbranched alkanes of at least 4 members (excludes halogenated alkanes) is 2. The molecule has 11 rings (SSSR count). The SMILES string of the molecule is Brc1ccc2c(c1)C(CCCCOc1cccnc1-c1[c-]cccc1)(CCCCOc1cccnc1-c1[c-]cccc1)c1cc(Br)ccc1-2.[Ir].[Ir].[c-]1ccccc1-c1ccccn1.[c-]1ccccc1-c1ccccn1. The Morgan fingerprint density at radius 2 is 0.773 bits per heavy atom. The van der Waals surface area contributed by atoms with Crippen LogP contribution in [0.5, 0.6) is 11.5 Å². The minimum absolute atomic E-state index is 0. The quantitative estimate of drug-likeness (QED) is 0.0709. The van der Waals surface area contributed by atoms with Gasteiger partial charge in [0, 0.05) is 90.7 Å². The van der Waals surface area contributed by atoms with Crippen LogP contribution in [0.25, 0.3) is 56.2 Å². The largest absolute Gasteiger partial charge is 0.501 e. The van der Waals surface area contributed by atoms with Gasteiger partial charge in [0.1, 0.15) is 11.5 Å². The second kappa shape index (κ2) is 29.2. The number of aromatic nitrogens is 4. The van der Waals surface area contributed by atoms with E-state index in [-0.39, 0.29) is 45.6 Å². The Hall–Kier alpha value is -6.22. The van der Waals surface area contributed by atoms with Crippen LogP contribution in [0.3, 0.4) is 0 Å². The molecule has 0 bridgehead atoms. The fraction of sp³-hybridized carbons (Fsp3) is 0.138. The third-order valence-corrected chi connectivity index (χ3v) is 13.6. The molecule has 75 heavy (non-hydrogen) atoms. The first-order chi connectivity index (χ1) is 36.1. The zero-order chi connectivity index (χ0) is 49.9. The maximum absolute atomic E-state index is 6.34. The molecular weight excluding hydrogens is 1410 g/mol. The third kappa shape index (κ3) is 15.0. The summed E-state index contributed by atoms with van der Waals surface area (Å²) in [6.07, 6.45) is 13.1. The van der Waals surface area contributed by atoms with Gasteiger partial charge in [0.25, 0.3) is 0 Å². The average molecular weight is 1470 g/mol. The fourth-order valence-corrected chi connectivity index (χ4v) is 9.90. The van der Waals surface area contributed by atoms with Crippen molar-refractivity contribution in [3.8, 4) is 67.7 Å². The van der Waals surface area contributed by atoms with Crippen molar-refractivity contribution >= 4 is 31.9 Å². The number of rotatable bonds is 16. The molecule has 2 radical (unpaired) electrons. The first-order valence-corrected chi connectivity index (χ1v) is 26.1. The van der Waals surface area contributed by atoms with Crippen molar-refractivity contribution in [2.24, 2.45) is 0 Å². The van der Waals surface area contributed by atoms with Crippen molar-refractivity contribution in [1.29, 1.82) is 0 Å². The summed E-state index contributed by atoms with van der Waals surface area (Å²) in [5.41, 5.74) is 12.9. The van der Waals surface area contributed by atoms with Crippen LogP contribution in [0, 0.1) is 24.3 Å². The molecular formula is C65H52Br2Ir2N4O2-4. The number of benzene rings is 6. The molecule has 0 fully saturated rings. The summed E-state index contributed by atoms with van der Waals surface area (Å²) in [6.45, 7) is 1.25.